The summed E-state index contributed by atoms with van der Waals surface area (Å²) in [5.41, 5.74) is 2.41. The molecule has 8 nitrogen and oxygen atoms in total. The molecule has 2 aromatic carbocycles. The zero-order valence-corrected chi connectivity index (χ0v) is 15.1. The summed E-state index contributed by atoms with van der Waals surface area (Å²) >= 11 is 0. The van der Waals surface area contributed by atoms with Crippen molar-refractivity contribution >= 4 is 45.1 Å². The van der Waals surface area contributed by atoms with Crippen LogP contribution < -0.4 is 10.6 Å². The SMILES string of the molecule is O=C(O)c1ccc2cccc(NCNc3cccc4ccc(C(=O)O)nc34)c2n1. The van der Waals surface area contributed by atoms with Crippen LogP contribution in [-0.2, 0) is 0 Å². The van der Waals surface area contributed by atoms with Gasteiger partial charge in [-0.1, -0.05) is 36.4 Å². The van der Waals surface area contributed by atoms with Gasteiger partial charge in [-0.2, -0.15) is 0 Å². The molecule has 0 aliphatic rings. The third-order valence-electron chi connectivity index (χ3n) is 4.44. The Morgan fingerprint density at radius 3 is 1.55 bits per heavy atom. The molecule has 0 radical (unpaired) electrons. The monoisotopic (exact) mass is 388 g/mol. The van der Waals surface area contributed by atoms with Crippen LogP contribution in [0.5, 0.6) is 0 Å². The van der Waals surface area contributed by atoms with Crippen LogP contribution in [0.1, 0.15) is 21.0 Å². The Bertz CT molecular complexity index is 1160. The number of hydrogen-bond acceptors (Lipinski definition) is 6. The second-order valence-electron chi connectivity index (χ2n) is 6.29. The number of nitrogens with zero attached hydrogens (tertiary/aromatic N) is 2. The third-order valence-corrected chi connectivity index (χ3v) is 4.44. The average molecular weight is 388 g/mol. The number of aromatic nitrogens is 2. The second-order valence-corrected chi connectivity index (χ2v) is 6.29. The molecule has 144 valence electrons. The van der Waals surface area contributed by atoms with E-state index in [2.05, 4.69) is 20.6 Å². The van der Waals surface area contributed by atoms with Crippen LogP contribution in [0.25, 0.3) is 21.8 Å². The summed E-state index contributed by atoms with van der Waals surface area (Å²) in [4.78, 5) is 30.8. The lowest BCUT2D eigenvalue weighted by molar-refractivity contribution is 0.0680. The molecule has 0 amide bonds. The number of carboxylic acids is 2. The number of benzene rings is 2. The lowest BCUT2D eigenvalue weighted by Gasteiger charge is -2.13. The molecule has 0 saturated heterocycles. The van der Waals surface area contributed by atoms with Crippen LogP contribution in [0, 0.1) is 0 Å². The molecule has 0 aliphatic heterocycles. The summed E-state index contributed by atoms with van der Waals surface area (Å²) in [5.74, 6) is -2.17. The van der Waals surface area contributed by atoms with Crippen molar-refractivity contribution in [1.29, 1.82) is 0 Å². The lowest BCUT2D eigenvalue weighted by Crippen LogP contribution is -2.13. The molecule has 4 aromatic rings. The number of carbonyl (C=O) groups is 2. The van der Waals surface area contributed by atoms with Crippen molar-refractivity contribution in [3.05, 3.63) is 72.1 Å². The zero-order chi connectivity index (χ0) is 20.4. The molecule has 0 aliphatic carbocycles. The van der Waals surface area contributed by atoms with E-state index in [9.17, 15) is 19.8 Å². The van der Waals surface area contributed by atoms with Gasteiger partial charge in [0.1, 0.15) is 11.4 Å². The number of nitrogens with one attached hydrogen (secondary N) is 2. The van der Waals surface area contributed by atoms with E-state index in [-0.39, 0.29) is 11.4 Å². The van der Waals surface area contributed by atoms with Crippen LogP contribution >= 0.6 is 0 Å². The summed E-state index contributed by atoms with van der Waals surface area (Å²) < 4.78 is 0. The Hall–Kier alpha value is -4.20. The number of carboxylic acid groups (broad SMARTS) is 2. The lowest BCUT2D eigenvalue weighted by atomic mass is 10.1. The Labute approximate surface area is 164 Å². The molecule has 0 fully saturated rings. The molecular weight excluding hydrogens is 372 g/mol. The highest BCUT2D eigenvalue weighted by Crippen LogP contribution is 2.24. The number of fused-ring (bicyclic) bond motifs is 2. The topological polar surface area (TPSA) is 124 Å². The van der Waals surface area contributed by atoms with E-state index in [0.717, 1.165) is 10.8 Å². The van der Waals surface area contributed by atoms with Gasteiger partial charge in [-0.25, -0.2) is 19.6 Å². The quantitative estimate of drug-likeness (QED) is 0.369. The second kappa shape index (κ2) is 7.43. The molecule has 0 unspecified atom stereocenters. The van der Waals surface area contributed by atoms with Gasteiger partial charge >= 0.3 is 11.9 Å². The van der Waals surface area contributed by atoms with Gasteiger partial charge in [-0.3, -0.25) is 0 Å². The van der Waals surface area contributed by atoms with Gasteiger partial charge in [0.25, 0.3) is 0 Å². The summed E-state index contributed by atoms with van der Waals surface area (Å²) in [6.45, 7) is 0.302. The van der Waals surface area contributed by atoms with E-state index in [1.54, 1.807) is 12.1 Å². The molecule has 2 aromatic heterocycles. The van der Waals surface area contributed by atoms with Gasteiger partial charge < -0.3 is 20.8 Å². The van der Waals surface area contributed by atoms with Gasteiger partial charge in [0.2, 0.25) is 0 Å². The van der Waals surface area contributed by atoms with Crippen molar-refractivity contribution in [2.75, 3.05) is 17.3 Å². The van der Waals surface area contributed by atoms with Gasteiger partial charge in [0.15, 0.2) is 0 Å². The van der Waals surface area contributed by atoms with Crippen LogP contribution in [0.4, 0.5) is 11.4 Å². The van der Waals surface area contributed by atoms with Crippen molar-refractivity contribution in [2.45, 2.75) is 0 Å². The maximum atomic E-state index is 11.2. The Morgan fingerprint density at radius 1 is 0.690 bits per heavy atom. The first-order chi connectivity index (χ1) is 14.0. The van der Waals surface area contributed by atoms with Crippen molar-refractivity contribution in [2.24, 2.45) is 0 Å². The summed E-state index contributed by atoms with van der Waals surface area (Å²) in [5, 5.41) is 26.4. The van der Waals surface area contributed by atoms with E-state index in [0.29, 0.717) is 29.1 Å². The number of para-hydroxylation sites is 2. The predicted octanol–water partition coefficient (Wildman–Crippen LogP) is 3.66. The number of aromatic carboxylic acids is 2. The fourth-order valence-corrected chi connectivity index (χ4v) is 3.05. The van der Waals surface area contributed by atoms with Crippen LogP contribution in [0.2, 0.25) is 0 Å². The molecule has 0 atom stereocenters. The maximum absolute atomic E-state index is 11.2. The summed E-state index contributed by atoms with van der Waals surface area (Å²) in [6, 6.07) is 17.4. The molecule has 8 heteroatoms. The molecule has 0 spiro atoms. The van der Waals surface area contributed by atoms with E-state index in [4.69, 9.17) is 0 Å². The fraction of sp³-hybridized carbons (Fsp3) is 0.0476. The van der Waals surface area contributed by atoms with Crippen molar-refractivity contribution in [3.63, 3.8) is 0 Å². The molecule has 29 heavy (non-hydrogen) atoms. The standard InChI is InChI=1S/C21H16N4O4/c26-20(27)16-9-7-12-3-1-5-14(18(12)24-16)22-11-23-15-6-2-4-13-8-10-17(21(28)29)25-19(13)15/h1-10,22-23H,11H2,(H,26,27)(H,28,29). The van der Waals surface area contributed by atoms with Crippen LogP contribution in [0.15, 0.2) is 60.7 Å². The highest BCUT2D eigenvalue weighted by Gasteiger charge is 2.10. The molecule has 0 bridgehead atoms. The largest absolute Gasteiger partial charge is 0.477 e. The Balaban J connectivity index is 1.59. The first-order valence-corrected chi connectivity index (χ1v) is 8.77. The van der Waals surface area contributed by atoms with Crippen molar-refractivity contribution in [3.8, 4) is 0 Å². The maximum Gasteiger partial charge on any atom is 0.354 e. The van der Waals surface area contributed by atoms with E-state index < -0.39 is 11.9 Å². The minimum atomic E-state index is -1.09. The number of hydrogen-bond donors (Lipinski definition) is 4. The first-order valence-electron chi connectivity index (χ1n) is 8.77. The van der Waals surface area contributed by atoms with Gasteiger partial charge in [0, 0.05) is 10.8 Å². The van der Waals surface area contributed by atoms with Crippen molar-refractivity contribution < 1.29 is 19.8 Å². The van der Waals surface area contributed by atoms with Crippen molar-refractivity contribution in [1.82, 2.24) is 9.97 Å². The smallest absolute Gasteiger partial charge is 0.354 e. The van der Waals surface area contributed by atoms with E-state index >= 15 is 0 Å². The molecule has 4 N–H and O–H groups in total. The Kier molecular flexibility index (Phi) is 4.66. The molecule has 0 saturated carbocycles. The van der Waals surface area contributed by atoms with Crippen LogP contribution in [0.3, 0.4) is 0 Å². The molecule has 2 heterocycles. The fourth-order valence-electron chi connectivity index (χ4n) is 3.05. The zero-order valence-electron chi connectivity index (χ0n) is 15.1. The highest BCUT2D eigenvalue weighted by atomic mass is 16.4. The predicted molar refractivity (Wildman–Crippen MR) is 110 cm³/mol. The van der Waals surface area contributed by atoms with E-state index in [1.165, 1.54) is 12.1 Å². The highest BCUT2D eigenvalue weighted by molar-refractivity contribution is 5.96. The minimum absolute atomic E-state index is 0.0286. The summed E-state index contributed by atoms with van der Waals surface area (Å²) in [6.07, 6.45) is 0. The molecular formula is C21H16N4O4. The third kappa shape index (κ3) is 3.63. The number of anilines is 2. The average Bonchev–Trinajstić information content (AvgIpc) is 2.73. The number of rotatable bonds is 6. The van der Waals surface area contributed by atoms with Gasteiger partial charge in [-0.05, 0) is 24.3 Å². The molecule has 4 rings (SSSR count). The van der Waals surface area contributed by atoms with Crippen LogP contribution in [-0.4, -0.2) is 38.8 Å². The van der Waals surface area contributed by atoms with Gasteiger partial charge in [0.05, 0.1) is 29.1 Å². The number of pyridine rings is 2. The summed E-state index contributed by atoms with van der Waals surface area (Å²) in [7, 11) is 0. The first kappa shape index (κ1) is 18.2. The van der Waals surface area contributed by atoms with Gasteiger partial charge in [-0.15, -0.1) is 0 Å². The Morgan fingerprint density at radius 2 is 1.14 bits per heavy atom. The normalized spacial score (nSPS) is 10.8. The minimum Gasteiger partial charge on any atom is -0.477 e. The van der Waals surface area contributed by atoms with E-state index in [1.807, 2.05) is 36.4 Å².